The smallest absolute Gasteiger partial charge is 0.332 e. The van der Waals surface area contributed by atoms with Gasteiger partial charge < -0.3 is 4.74 Å². The lowest BCUT2D eigenvalue weighted by Crippen LogP contribution is -2.16. The Morgan fingerprint density at radius 2 is 2.10 bits per heavy atom. The van der Waals surface area contributed by atoms with Gasteiger partial charge in [0.05, 0.1) is 6.61 Å². The lowest BCUT2D eigenvalue weighted by atomic mass is 10.1. The molecule has 0 fully saturated rings. The zero-order valence-electron chi connectivity index (χ0n) is 12.3. The van der Waals surface area contributed by atoms with Crippen LogP contribution in [0, 0.1) is 17.3 Å². The zero-order chi connectivity index (χ0) is 15.2. The second-order valence-electron chi connectivity index (χ2n) is 5.32. The van der Waals surface area contributed by atoms with E-state index in [1.54, 1.807) is 19.1 Å². The summed E-state index contributed by atoms with van der Waals surface area (Å²) in [5.41, 5.74) is 4.26. The van der Waals surface area contributed by atoms with Crippen molar-refractivity contribution in [3.63, 3.8) is 0 Å². The van der Waals surface area contributed by atoms with Crippen molar-refractivity contribution in [3.05, 3.63) is 41.7 Å². The summed E-state index contributed by atoms with van der Waals surface area (Å²) in [6.07, 6.45) is 1.32. The molecule has 1 rings (SSSR count). The molecule has 0 aromatic heterocycles. The normalized spacial score (nSPS) is 11.6. The van der Waals surface area contributed by atoms with Crippen LogP contribution in [-0.4, -0.2) is 20.7 Å². The van der Waals surface area contributed by atoms with Crippen molar-refractivity contribution in [2.45, 2.75) is 26.6 Å². The van der Waals surface area contributed by atoms with Gasteiger partial charge in [0, 0.05) is 11.6 Å². The minimum Gasteiger partial charge on any atom is -0.463 e. The van der Waals surface area contributed by atoms with Crippen molar-refractivity contribution in [1.82, 2.24) is 0 Å². The molecule has 106 valence electrons. The quantitative estimate of drug-likeness (QED) is 0.367. The van der Waals surface area contributed by atoms with E-state index in [1.165, 1.54) is 18.2 Å². The number of benzene rings is 1. The molecule has 0 spiro atoms. The summed E-state index contributed by atoms with van der Waals surface area (Å²) in [6.45, 7) is 8.35. The maximum Gasteiger partial charge on any atom is 0.332 e. The van der Waals surface area contributed by atoms with Crippen LogP contribution >= 0.6 is 0 Å². The monoisotopic (exact) mass is 290 g/mol. The average Bonchev–Trinajstić information content (AvgIpc) is 2.33. The Bertz CT molecular complexity index is 574. The van der Waals surface area contributed by atoms with Crippen LogP contribution in [0.25, 0.3) is 5.57 Å². The summed E-state index contributed by atoms with van der Waals surface area (Å²) in [5, 5.41) is 0. The molecule has 0 bridgehead atoms. The number of hydrogen-bond acceptors (Lipinski definition) is 2. The van der Waals surface area contributed by atoms with E-state index in [0.29, 0.717) is 17.7 Å². The van der Waals surface area contributed by atoms with Crippen molar-refractivity contribution < 1.29 is 13.9 Å². The van der Waals surface area contributed by atoms with Crippen molar-refractivity contribution in [1.29, 1.82) is 0 Å². The molecular weight excluding hydrogens is 271 g/mol. The van der Waals surface area contributed by atoms with Crippen molar-refractivity contribution >= 4 is 19.6 Å². The third kappa shape index (κ3) is 5.85. The highest BCUT2D eigenvalue weighted by atomic mass is 28.3. The maximum atomic E-state index is 13.3. The number of carbonyl (C=O) groups is 1. The Hall–Kier alpha value is -1.86. The summed E-state index contributed by atoms with van der Waals surface area (Å²) >= 11 is 0. The molecule has 1 aromatic rings. The second kappa shape index (κ2) is 7.06. The van der Waals surface area contributed by atoms with Gasteiger partial charge in [-0.25, -0.2) is 9.18 Å². The Kier molecular flexibility index (Phi) is 5.72. The fourth-order valence-corrected chi connectivity index (χ4v) is 1.91. The van der Waals surface area contributed by atoms with E-state index < -0.39 is 14.0 Å². The minimum absolute atomic E-state index is 0.299. The van der Waals surface area contributed by atoms with Gasteiger partial charge in [0.2, 0.25) is 0 Å². The Balaban J connectivity index is 3.20. The predicted molar refractivity (Wildman–Crippen MR) is 82.1 cm³/mol. The van der Waals surface area contributed by atoms with Gasteiger partial charge in [-0.1, -0.05) is 37.7 Å². The largest absolute Gasteiger partial charge is 0.463 e. The molecule has 0 amide bonds. The molecule has 0 N–H and O–H groups in total. The first-order valence-corrected chi connectivity index (χ1v) is 9.99. The zero-order valence-corrected chi connectivity index (χ0v) is 13.3. The van der Waals surface area contributed by atoms with Crippen LogP contribution in [0.4, 0.5) is 4.39 Å². The molecule has 0 saturated heterocycles. The van der Waals surface area contributed by atoms with Crippen LogP contribution in [0.1, 0.15) is 12.5 Å². The number of hydrogen-bond donors (Lipinski definition) is 0. The summed E-state index contributed by atoms with van der Waals surface area (Å²) in [7, 11) is -1.58. The first kappa shape index (κ1) is 16.2. The predicted octanol–water partition coefficient (Wildman–Crippen LogP) is 3.65. The molecule has 0 unspecified atom stereocenters. The number of rotatable bonds is 3. The third-order valence-corrected chi connectivity index (χ3v) is 3.13. The van der Waals surface area contributed by atoms with Gasteiger partial charge in [0.15, 0.2) is 0 Å². The molecule has 20 heavy (non-hydrogen) atoms. The molecule has 2 nitrogen and oxygen atoms in total. The lowest BCUT2D eigenvalue weighted by Gasteiger charge is -2.06. The highest BCUT2D eigenvalue weighted by Gasteiger charge is 2.09. The number of halogens is 1. The van der Waals surface area contributed by atoms with Crippen molar-refractivity contribution in [2.24, 2.45) is 0 Å². The number of esters is 1. The van der Waals surface area contributed by atoms with Crippen molar-refractivity contribution in [2.75, 3.05) is 6.61 Å². The summed E-state index contributed by atoms with van der Waals surface area (Å²) in [4.78, 5) is 11.6. The van der Waals surface area contributed by atoms with Crippen LogP contribution in [0.2, 0.25) is 19.6 Å². The number of carbonyl (C=O) groups excluding carboxylic acids is 1. The summed E-state index contributed by atoms with van der Waals surface area (Å²) in [6, 6.07) is 6.05. The molecule has 1 aromatic carbocycles. The van der Waals surface area contributed by atoms with Crippen molar-refractivity contribution in [3.8, 4) is 11.5 Å². The average molecular weight is 290 g/mol. The molecule has 0 aliphatic heterocycles. The van der Waals surface area contributed by atoms with E-state index in [-0.39, 0.29) is 5.82 Å². The first-order valence-electron chi connectivity index (χ1n) is 6.49. The Labute approximate surface area is 120 Å². The standard InChI is InChI=1S/C16H19FO2Si/c1-5-19-16(18)12-14(9-10-20(2,3)4)13-7-6-8-15(17)11-13/h6-8,11-12H,5H2,1-4H3. The van der Waals surface area contributed by atoms with Crippen LogP contribution in [-0.2, 0) is 9.53 Å². The molecule has 0 heterocycles. The molecular formula is C16H19FO2Si. The number of ether oxygens (including phenoxy) is 1. The molecule has 0 aliphatic carbocycles. The van der Waals surface area contributed by atoms with E-state index >= 15 is 0 Å². The highest BCUT2D eigenvalue weighted by molar-refractivity contribution is 6.84. The first-order chi connectivity index (χ1) is 9.31. The molecule has 0 saturated carbocycles. The van der Waals surface area contributed by atoms with E-state index in [0.717, 1.165) is 0 Å². The van der Waals surface area contributed by atoms with Gasteiger partial charge >= 0.3 is 5.97 Å². The van der Waals surface area contributed by atoms with Gasteiger partial charge in [-0.15, -0.1) is 5.54 Å². The van der Waals surface area contributed by atoms with E-state index in [1.807, 2.05) is 0 Å². The summed E-state index contributed by atoms with van der Waals surface area (Å²) < 4.78 is 18.2. The van der Waals surface area contributed by atoms with Crippen LogP contribution in [0.3, 0.4) is 0 Å². The van der Waals surface area contributed by atoms with E-state index in [4.69, 9.17) is 4.74 Å². The minimum atomic E-state index is -1.58. The fourth-order valence-electron chi connectivity index (χ4n) is 1.40. The van der Waals surface area contributed by atoms with Crippen LogP contribution in [0.15, 0.2) is 30.3 Å². The lowest BCUT2D eigenvalue weighted by molar-refractivity contribution is -0.137. The topological polar surface area (TPSA) is 26.3 Å². The SMILES string of the molecule is CCOC(=O)C=C(C#C[Si](C)(C)C)c1cccc(F)c1. The molecule has 0 aliphatic rings. The molecule has 0 atom stereocenters. The van der Waals surface area contributed by atoms with Gasteiger partial charge in [-0.3, -0.25) is 0 Å². The molecule has 0 radical (unpaired) electrons. The number of allylic oxidation sites excluding steroid dienone is 1. The Morgan fingerprint density at radius 1 is 1.40 bits per heavy atom. The highest BCUT2D eigenvalue weighted by Crippen LogP contribution is 2.15. The Morgan fingerprint density at radius 3 is 2.65 bits per heavy atom. The van der Waals surface area contributed by atoms with Gasteiger partial charge in [-0.05, 0) is 24.6 Å². The van der Waals surface area contributed by atoms with Gasteiger partial charge in [0.1, 0.15) is 13.9 Å². The third-order valence-electron chi connectivity index (χ3n) is 2.26. The van der Waals surface area contributed by atoms with Crippen LogP contribution in [0.5, 0.6) is 0 Å². The maximum absolute atomic E-state index is 13.3. The van der Waals surface area contributed by atoms with E-state index in [2.05, 4.69) is 31.1 Å². The van der Waals surface area contributed by atoms with Crippen LogP contribution < -0.4 is 0 Å². The fraction of sp³-hybridized carbons (Fsp3) is 0.312. The van der Waals surface area contributed by atoms with E-state index in [9.17, 15) is 9.18 Å². The van der Waals surface area contributed by atoms with Gasteiger partial charge in [0.25, 0.3) is 0 Å². The summed E-state index contributed by atoms with van der Waals surface area (Å²) in [5.74, 6) is 2.18. The molecule has 4 heteroatoms. The second-order valence-corrected chi connectivity index (χ2v) is 10.1. The van der Waals surface area contributed by atoms with Gasteiger partial charge in [-0.2, -0.15) is 0 Å².